The first-order valence-corrected chi connectivity index (χ1v) is 5.61. The van der Waals surface area contributed by atoms with E-state index in [4.69, 9.17) is 9.47 Å². The Morgan fingerprint density at radius 3 is 2.17 bits per heavy atom. The molecule has 0 amide bonds. The third kappa shape index (κ3) is 3.19. The molecule has 0 aliphatic rings. The molecule has 1 heterocycles. The average Bonchev–Trinajstić information content (AvgIpc) is 2.78. The van der Waals surface area contributed by atoms with Crippen LogP contribution in [-0.4, -0.2) is 36.4 Å². The van der Waals surface area contributed by atoms with Crippen LogP contribution in [0.4, 0.5) is 0 Å². The van der Waals surface area contributed by atoms with Crippen molar-refractivity contribution in [2.75, 3.05) is 13.2 Å². The molecule has 1 aromatic rings. The Bertz CT molecular complexity index is 419. The molecular weight excluding hydrogens is 238 g/mol. The Morgan fingerprint density at radius 2 is 1.78 bits per heavy atom. The summed E-state index contributed by atoms with van der Waals surface area (Å²) in [4.78, 5) is 36.7. The third-order valence-electron chi connectivity index (χ3n) is 2.21. The maximum absolute atomic E-state index is 11.7. The van der Waals surface area contributed by atoms with Gasteiger partial charge in [0.05, 0.1) is 18.9 Å². The summed E-state index contributed by atoms with van der Waals surface area (Å²) in [5, 5.41) is 0. The molecule has 1 N–H and O–H groups in total. The van der Waals surface area contributed by atoms with E-state index in [2.05, 4.69) is 4.98 Å². The molecule has 18 heavy (non-hydrogen) atoms. The highest BCUT2D eigenvalue weighted by Gasteiger charge is 2.32. The van der Waals surface area contributed by atoms with Crippen molar-refractivity contribution in [3.8, 4) is 0 Å². The van der Waals surface area contributed by atoms with Crippen LogP contribution in [0, 0.1) is 0 Å². The number of hydrogen-bond donors (Lipinski definition) is 1. The van der Waals surface area contributed by atoms with Gasteiger partial charge in [-0.3, -0.25) is 14.4 Å². The number of H-pyrrole nitrogens is 1. The van der Waals surface area contributed by atoms with Crippen LogP contribution >= 0.6 is 0 Å². The minimum absolute atomic E-state index is 0.163. The lowest BCUT2D eigenvalue weighted by Crippen LogP contribution is -2.26. The summed E-state index contributed by atoms with van der Waals surface area (Å²) in [6.45, 7) is 3.61. The van der Waals surface area contributed by atoms with Crippen LogP contribution in [0.15, 0.2) is 12.1 Å². The van der Waals surface area contributed by atoms with E-state index in [1.807, 2.05) is 0 Å². The zero-order valence-electron chi connectivity index (χ0n) is 10.3. The molecule has 1 aromatic heterocycles. The third-order valence-corrected chi connectivity index (χ3v) is 2.21. The van der Waals surface area contributed by atoms with Gasteiger partial charge in [-0.1, -0.05) is 0 Å². The quantitative estimate of drug-likeness (QED) is 0.465. The molecule has 6 nitrogen and oxygen atoms in total. The molecule has 6 heteroatoms. The molecule has 98 valence electrons. The smallest absolute Gasteiger partial charge is 0.326 e. The van der Waals surface area contributed by atoms with Gasteiger partial charge in [0.2, 0.25) is 0 Å². The number of aldehydes is 1. The van der Waals surface area contributed by atoms with Crippen molar-refractivity contribution in [3.63, 3.8) is 0 Å². The van der Waals surface area contributed by atoms with Gasteiger partial charge in [0.1, 0.15) is 0 Å². The fourth-order valence-corrected chi connectivity index (χ4v) is 1.47. The Kier molecular flexibility index (Phi) is 5.10. The van der Waals surface area contributed by atoms with Gasteiger partial charge in [0.15, 0.2) is 12.2 Å². The van der Waals surface area contributed by atoms with Crippen LogP contribution in [0.2, 0.25) is 0 Å². The van der Waals surface area contributed by atoms with Crippen molar-refractivity contribution in [1.82, 2.24) is 4.98 Å². The molecule has 0 radical (unpaired) electrons. The standard InChI is InChI=1S/C12H15NO5/c1-3-17-11(15)10(12(16)18-4-2)9-6-5-8(7-14)13-9/h5-7,10,13H,3-4H2,1-2H3. The van der Waals surface area contributed by atoms with Gasteiger partial charge in [-0.05, 0) is 26.0 Å². The normalized spacial score (nSPS) is 10.2. The van der Waals surface area contributed by atoms with Gasteiger partial charge in [-0.15, -0.1) is 0 Å². The molecule has 0 aliphatic heterocycles. The summed E-state index contributed by atoms with van der Waals surface area (Å²) in [6, 6.07) is 2.97. The largest absolute Gasteiger partial charge is 0.465 e. The number of hydrogen-bond acceptors (Lipinski definition) is 5. The number of esters is 2. The van der Waals surface area contributed by atoms with E-state index < -0.39 is 17.9 Å². The fraction of sp³-hybridized carbons (Fsp3) is 0.417. The molecule has 0 unspecified atom stereocenters. The van der Waals surface area contributed by atoms with Crippen molar-refractivity contribution in [3.05, 3.63) is 23.5 Å². The van der Waals surface area contributed by atoms with Crippen LogP contribution in [0.1, 0.15) is 35.9 Å². The molecule has 0 aliphatic carbocycles. The Hall–Kier alpha value is -2.11. The number of nitrogens with one attached hydrogen (secondary N) is 1. The van der Waals surface area contributed by atoms with Crippen LogP contribution in [0.5, 0.6) is 0 Å². The molecular formula is C12H15NO5. The second-order valence-electron chi connectivity index (χ2n) is 3.42. The SMILES string of the molecule is CCOC(=O)C(C(=O)OCC)c1ccc(C=O)[nH]1. The predicted molar refractivity (Wildman–Crippen MR) is 62.2 cm³/mol. The van der Waals surface area contributed by atoms with Crippen LogP contribution < -0.4 is 0 Å². The monoisotopic (exact) mass is 253 g/mol. The predicted octanol–water partition coefficient (Wildman–Crippen LogP) is 1.04. The van der Waals surface area contributed by atoms with E-state index in [1.165, 1.54) is 12.1 Å². The topological polar surface area (TPSA) is 85.5 Å². The minimum atomic E-state index is -1.18. The molecule has 1 rings (SSSR count). The second kappa shape index (κ2) is 6.58. The Balaban J connectivity index is 2.99. The van der Waals surface area contributed by atoms with Gasteiger partial charge in [-0.2, -0.15) is 0 Å². The lowest BCUT2D eigenvalue weighted by atomic mass is 10.1. The number of rotatable bonds is 6. The van der Waals surface area contributed by atoms with Gasteiger partial charge in [-0.25, -0.2) is 0 Å². The van der Waals surface area contributed by atoms with E-state index in [-0.39, 0.29) is 24.6 Å². The summed E-state index contributed by atoms with van der Waals surface area (Å²) in [7, 11) is 0. The van der Waals surface area contributed by atoms with Gasteiger partial charge in [0.25, 0.3) is 0 Å². The second-order valence-corrected chi connectivity index (χ2v) is 3.42. The number of carbonyl (C=O) groups is 3. The average molecular weight is 253 g/mol. The summed E-state index contributed by atoms with van der Waals surface area (Å²) < 4.78 is 9.64. The molecule has 0 saturated carbocycles. The van der Waals surface area contributed by atoms with Gasteiger partial charge < -0.3 is 14.5 Å². The molecule has 0 atom stereocenters. The Labute approximate surface area is 104 Å². The van der Waals surface area contributed by atoms with E-state index >= 15 is 0 Å². The fourth-order valence-electron chi connectivity index (χ4n) is 1.47. The van der Waals surface area contributed by atoms with Gasteiger partial charge in [0, 0.05) is 5.69 Å². The number of ether oxygens (including phenoxy) is 2. The Morgan fingerprint density at radius 1 is 1.22 bits per heavy atom. The molecule has 0 spiro atoms. The maximum atomic E-state index is 11.7. The van der Waals surface area contributed by atoms with Crippen molar-refractivity contribution >= 4 is 18.2 Å². The zero-order valence-corrected chi connectivity index (χ0v) is 10.3. The van der Waals surface area contributed by atoms with E-state index in [0.717, 1.165) is 0 Å². The first kappa shape index (κ1) is 14.0. The molecule has 0 fully saturated rings. The molecule has 0 aromatic carbocycles. The van der Waals surface area contributed by atoms with E-state index in [9.17, 15) is 14.4 Å². The minimum Gasteiger partial charge on any atom is -0.465 e. The van der Waals surface area contributed by atoms with Crippen LogP contribution in [0.3, 0.4) is 0 Å². The van der Waals surface area contributed by atoms with Crippen molar-refractivity contribution in [2.45, 2.75) is 19.8 Å². The van der Waals surface area contributed by atoms with Crippen molar-refractivity contribution in [1.29, 1.82) is 0 Å². The molecule has 0 bridgehead atoms. The number of aromatic amines is 1. The highest BCUT2D eigenvalue weighted by Crippen LogP contribution is 2.18. The number of aromatic nitrogens is 1. The lowest BCUT2D eigenvalue weighted by Gasteiger charge is -2.12. The lowest BCUT2D eigenvalue weighted by molar-refractivity contribution is -0.157. The number of carbonyl (C=O) groups excluding carboxylic acids is 3. The summed E-state index contributed by atoms with van der Waals surface area (Å²) in [5.41, 5.74) is 0.567. The summed E-state index contributed by atoms with van der Waals surface area (Å²) >= 11 is 0. The zero-order chi connectivity index (χ0) is 13.5. The van der Waals surface area contributed by atoms with Crippen molar-refractivity contribution in [2.24, 2.45) is 0 Å². The first-order chi connectivity index (χ1) is 8.63. The van der Waals surface area contributed by atoms with Gasteiger partial charge >= 0.3 is 11.9 Å². The first-order valence-electron chi connectivity index (χ1n) is 5.61. The summed E-state index contributed by atoms with van der Waals surface area (Å²) in [5.74, 6) is -2.58. The molecule has 0 saturated heterocycles. The maximum Gasteiger partial charge on any atom is 0.326 e. The van der Waals surface area contributed by atoms with E-state index in [1.54, 1.807) is 13.8 Å². The van der Waals surface area contributed by atoms with Crippen molar-refractivity contribution < 1.29 is 23.9 Å². The van der Waals surface area contributed by atoms with E-state index in [0.29, 0.717) is 6.29 Å². The van der Waals surface area contributed by atoms with Crippen LogP contribution in [-0.2, 0) is 19.1 Å². The highest BCUT2D eigenvalue weighted by molar-refractivity contribution is 6.00. The highest BCUT2D eigenvalue weighted by atomic mass is 16.6. The van der Waals surface area contributed by atoms with Crippen LogP contribution in [0.25, 0.3) is 0 Å². The summed E-state index contributed by atoms with van der Waals surface area (Å²) in [6.07, 6.45) is 0.594.